The number of anilines is 1. The molecular formula is C16H11Br2N5O. The molecule has 6 nitrogen and oxygen atoms in total. The molecular weight excluding hydrogens is 438 g/mol. The van der Waals surface area contributed by atoms with Crippen LogP contribution in [-0.4, -0.2) is 26.5 Å². The fraction of sp³-hybridized carbons (Fsp3) is 0. The van der Waals surface area contributed by atoms with Gasteiger partial charge in [-0.1, -0.05) is 30.3 Å². The highest BCUT2D eigenvalue weighted by molar-refractivity contribution is 9.11. The lowest BCUT2D eigenvalue weighted by molar-refractivity contribution is 0.468. The van der Waals surface area contributed by atoms with Crippen LogP contribution < -0.4 is 5.43 Å². The van der Waals surface area contributed by atoms with Crippen LogP contribution in [0.5, 0.6) is 5.75 Å². The Kier molecular flexibility index (Phi) is 5.17. The Labute approximate surface area is 154 Å². The van der Waals surface area contributed by atoms with Crippen LogP contribution in [0.3, 0.4) is 0 Å². The van der Waals surface area contributed by atoms with Gasteiger partial charge in [0.1, 0.15) is 5.75 Å². The second-order valence-electron chi connectivity index (χ2n) is 4.73. The van der Waals surface area contributed by atoms with Gasteiger partial charge in [0.2, 0.25) is 0 Å². The summed E-state index contributed by atoms with van der Waals surface area (Å²) in [5, 5.41) is 21.6. The maximum atomic E-state index is 9.69. The van der Waals surface area contributed by atoms with Gasteiger partial charge in [-0.2, -0.15) is 10.2 Å². The highest BCUT2D eigenvalue weighted by Crippen LogP contribution is 2.32. The number of hydrogen-bond donors (Lipinski definition) is 2. The Morgan fingerprint density at radius 3 is 2.50 bits per heavy atom. The monoisotopic (exact) mass is 447 g/mol. The number of halogens is 2. The molecule has 0 saturated carbocycles. The van der Waals surface area contributed by atoms with Crippen molar-refractivity contribution < 1.29 is 5.11 Å². The molecule has 0 unspecified atom stereocenters. The summed E-state index contributed by atoms with van der Waals surface area (Å²) in [4.78, 5) is 4.37. The zero-order valence-corrected chi connectivity index (χ0v) is 15.4. The first-order valence-electron chi connectivity index (χ1n) is 6.86. The number of aromatic nitrogens is 3. The van der Waals surface area contributed by atoms with Crippen LogP contribution in [-0.2, 0) is 0 Å². The lowest BCUT2D eigenvalue weighted by Crippen LogP contribution is -2.00. The van der Waals surface area contributed by atoms with Crippen LogP contribution in [0.1, 0.15) is 5.56 Å². The molecule has 1 aromatic heterocycles. The highest BCUT2D eigenvalue weighted by atomic mass is 79.9. The third kappa shape index (κ3) is 3.95. The van der Waals surface area contributed by atoms with Gasteiger partial charge in [0.25, 0.3) is 5.95 Å². The first-order chi connectivity index (χ1) is 11.6. The average Bonchev–Trinajstić information content (AvgIpc) is 2.61. The first-order valence-corrected chi connectivity index (χ1v) is 8.44. The summed E-state index contributed by atoms with van der Waals surface area (Å²) in [6.07, 6.45) is 3.19. The molecule has 0 radical (unpaired) electrons. The van der Waals surface area contributed by atoms with Crippen molar-refractivity contribution in [3.8, 4) is 17.0 Å². The largest absolute Gasteiger partial charge is 0.506 e. The Hall–Kier alpha value is -2.32. The number of aromatic hydroxyl groups is 1. The normalized spacial score (nSPS) is 10.9. The lowest BCUT2D eigenvalue weighted by atomic mass is 10.2. The minimum Gasteiger partial charge on any atom is -0.506 e. The second-order valence-corrected chi connectivity index (χ2v) is 6.44. The van der Waals surface area contributed by atoms with Crippen LogP contribution in [0.15, 0.2) is 62.7 Å². The summed E-state index contributed by atoms with van der Waals surface area (Å²) in [5.74, 6) is 0.438. The summed E-state index contributed by atoms with van der Waals surface area (Å²) >= 11 is 6.54. The van der Waals surface area contributed by atoms with E-state index in [4.69, 9.17) is 0 Å². The van der Waals surface area contributed by atoms with Crippen LogP contribution >= 0.6 is 31.9 Å². The molecule has 2 N–H and O–H groups in total. The van der Waals surface area contributed by atoms with Gasteiger partial charge in [-0.3, -0.25) is 0 Å². The highest BCUT2D eigenvalue weighted by Gasteiger charge is 2.05. The Bertz CT molecular complexity index is 864. The average molecular weight is 449 g/mol. The number of hydrogen-bond acceptors (Lipinski definition) is 6. The van der Waals surface area contributed by atoms with Crippen molar-refractivity contribution in [2.24, 2.45) is 5.10 Å². The summed E-state index contributed by atoms with van der Waals surface area (Å²) in [5.41, 5.74) is 5.19. The van der Waals surface area contributed by atoms with E-state index >= 15 is 0 Å². The van der Waals surface area contributed by atoms with Crippen molar-refractivity contribution in [3.63, 3.8) is 0 Å². The van der Waals surface area contributed by atoms with Crippen molar-refractivity contribution in [2.45, 2.75) is 0 Å². The van der Waals surface area contributed by atoms with E-state index in [1.165, 1.54) is 0 Å². The van der Waals surface area contributed by atoms with Crippen molar-refractivity contribution in [2.75, 3.05) is 5.43 Å². The molecule has 120 valence electrons. The number of rotatable bonds is 4. The van der Waals surface area contributed by atoms with Crippen molar-refractivity contribution in [1.82, 2.24) is 15.2 Å². The van der Waals surface area contributed by atoms with E-state index in [2.05, 4.69) is 57.6 Å². The molecule has 24 heavy (non-hydrogen) atoms. The van der Waals surface area contributed by atoms with E-state index in [1.54, 1.807) is 24.5 Å². The van der Waals surface area contributed by atoms with Gasteiger partial charge in [0, 0.05) is 5.56 Å². The van der Waals surface area contributed by atoms with Gasteiger partial charge in [0.15, 0.2) is 0 Å². The van der Waals surface area contributed by atoms with Crippen molar-refractivity contribution in [3.05, 3.63) is 63.2 Å². The van der Waals surface area contributed by atoms with Gasteiger partial charge < -0.3 is 5.11 Å². The molecule has 0 atom stereocenters. The Morgan fingerprint density at radius 2 is 1.79 bits per heavy atom. The van der Waals surface area contributed by atoms with Crippen LogP contribution in [0.4, 0.5) is 5.95 Å². The predicted molar refractivity (Wildman–Crippen MR) is 100.0 cm³/mol. The summed E-state index contributed by atoms with van der Waals surface area (Å²) in [6, 6.07) is 13.2. The number of phenols is 1. The fourth-order valence-corrected chi connectivity index (χ4v) is 3.14. The molecule has 0 aliphatic carbocycles. The van der Waals surface area contributed by atoms with Gasteiger partial charge >= 0.3 is 0 Å². The summed E-state index contributed by atoms with van der Waals surface area (Å²) < 4.78 is 1.14. The van der Waals surface area contributed by atoms with Crippen LogP contribution in [0.25, 0.3) is 11.3 Å². The Morgan fingerprint density at radius 1 is 1.08 bits per heavy atom. The molecule has 0 aliphatic heterocycles. The van der Waals surface area contributed by atoms with E-state index in [0.717, 1.165) is 11.1 Å². The number of benzene rings is 2. The topological polar surface area (TPSA) is 83.3 Å². The van der Waals surface area contributed by atoms with Crippen LogP contribution in [0.2, 0.25) is 0 Å². The van der Waals surface area contributed by atoms with Crippen molar-refractivity contribution in [1.29, 1.82) is 0 Å². The molecule has 1 heterocycles. The molecule has 2 aromatic carbocycles. The first kappa shape index (κ1) is 16.5. The zero-order chi connectivity index (χ0) is 16.9. The lowest BCUT2D eigenvalue weighted by Gasteiger charge is -2.03. The molecule has 0 saturated heterocycles. The molecule has 8 heteroatoms. The van der Waals surface area contributed by atoms with E-state index in [9.17, 15) is 5.11 Å². The predicted octanol–water partition coefficient (Wildman–Crippen LogP) is 4.22. The molecule has 0 spiro atoms. The van der Waals surface area contributed by atoms with E-state index in [0.29, 0.717) is 20.6 Å². The minimum atomic E-state index is 0.142. The van der Waals surface area contributed by atoms with Gasteiger partial charge in [-0.25, -0.2) is 10.4 Å². The smallest absolute Gasteiger partial charge is 0.263 e. The Balaban J connectivity index is 1.75. The van der Waals surface area contributed by atoms with Gasteiger partial charge in [-0.15, -0.1) is 5.10 Å². The molecule has 3 rings (SSSR count). The maximum absolute atomic E-state index is 9.69. The van der Waals surface area contributed by atoms with Gasteiger partial charge in [0.05, 0.1) is 27.1 Å². The number of nitrogens with zero attached hydrogens (tertiary/aromatic N) is 4. The number of phenolic OH excluding ortho intramolecular Hbond substituents is 1. The van der Waals surface area contributed by atoms with E-state index < -0.39 is 0 Å². The van der Waals surface area contributed by atoms with Crippen LogP contribution in [0, 0.1) is 0 Å². The zero-order valence-electron chi connectivity index (χ0n) is 12.2. The summed E-state index contributed by atoms with van der Waals surface area (Å²) in [7, 11) is 0. The third-order valence-electron chi connectivity index (χ3n) is 3.05. The third-order valence-corrected chi connectivity index (χ3v) is 4.25. The molecule has 0 bridgehead atoms. The SMILES string of the molecule is Oc1c(Br)cc(/C=N/Nc2nncc(-c3ccccc3)n2)cc1Br. The summed E-state index contributed by atoms with van der Waals surface area (Å²) in [6.45, 7) is 0. The van der Waals surface area contributed by atoms with Crippen molar-refractivity contribution >= 4 is 44.0 Å². The van der Waals surface area contributed by atoms with E-state index in [1.807, 2.05) is 30.3 Å². The van der Waals surface area contributed by atoms with Gasteiger partial charge in [-0.05, 0) is 49.6 Å². The molecule has 0 amide bonds. The minimum absolute atomic E-state index is 0.142. The molecule has 0 fully saturated rings. The standard InChI is InChI=1S/C16H11Br2N5O/c17-12-6-10(7-13(18)15(12)24)8-19-22-16-21-14(9-20-23-16)11-4-2-1-3-5-11/h1-9,24H,(H,21,22,23)/b19-8+. The maximum Gasteiger partial charge on any atom is 0.263 e. The fourth-order valence-electron chi connectivity index (χ4n) is 1.92. The quantitative estimate of drug-likeness (QED) is 0.461. The molecule has 0 aliphatic rings. The number of nitrogens with one attached hydrogen (secondary N) is 1. The number of hydrazone groups is 1. The molecule has 3 aromatic rings. The van der Waals surface area contributed by atoms with E-state index in [-0.39, 0.29) is 5.75 Å². The second kappa shape index (κ2) is 7.50.